The fraction of sp³-hybridized carbons (Fsp3) is 0.333. The van der Waals surface area contributed by atoms with Gasteiger partial charge in [-0.15, -0.1) is 0 Å². The molecule has 1 aromatic heterocycles. The Kier molecular flexibility index (Phi) is 5.24. The number of piperazine rings is 1. The number of hydrogen-bond acceptors (Lipinski definition) is 5. The highest BCUT2D eigenvalue weighted by Crippen LogP contribution is 2.22. The van der Waals surface area contributed by atoms with Crippen molar-refractivity contribution < 1.29 is 18.3 Å². The summed E-state index contributed by atoms with van der Waals surface area (Å²) in [6.45, 7) is 3.37. The SMILES string of the molecule is CCc1ccc(S(=O)(=O)N2CCN(c3ncccc3C(=O)O)CC2)cc1. The molecule has 1 saturated heterocycles. The van der Waals surface area contributed by atoms with Crippen molar-refractivity contribution >= 4 is 21.8 Å². The standard InChI is InChI=1S/C18H21N3O4S/c1-2-14-5-7-15(8-6-14)26(24,25)21-12-10-20(11-13-21)17-16(18(22)23)4-3-9-19-17/h3-9H,2,10-13H2,1H3,(H,22,23). The van der Waals surface area contributed by atoms with Crippen LogP contribution < -0.4 is 4.90 Å². The van der Waals surface area contributed by atoms with Crippen molar-refractivity contribution in [2.24, 2.45) is 0 Å². The zero-order chi connectivity index (χ0) is 18.7. The zero-order valence-electron chi connectivity index (χ0n) is 14.5. The average molecular weight is 375 g/mol. The zero-order valence-corrected chi connectivity index (χ0v) is 15.3. The van der Waals surface area contributed by atoms with Gasteiger partial charge >= 0.3 is 5.97 Å². The summed E-state index contributed by atoms with van der Waals surface area (Å²) in [6, 6.07) is 10.0. The highest BCUT2D eigenvalue weighted by Gasteiger charge is 2.30. The van der Waals surface area contributed by atoms with E-state index in [4.69, 9.17) is 0 Å². The van der Waals surface area contributed by atoms with Gasteiger partial charge in [0.1, 0.15) is 11.4 Å². The van der Waals surface area contributed by atoms with Crippen molar-refractivity contribution in [1.82, 2.24) is 9.29 Å². The first-order valence-electron chi connectivity index (χ1n) is 8.46. The second-order valence-electron chi connectivity index (χ2n) is 6.07. The van der Waals surface area contributed by atoms with E-state index in [0.717, 1.165) is 12.0 Å². The number of anilines is 1. The Balaban J connectivity index is 1.74. The maximum absolute atomic E-state index is 12.8. The highest BCUT2D eigenvalue weighted by atomic mass is 32.2. The van der Waals surface area contributed by atoms with Gasteiger partial charge in [0.2, 0.25) is 10.0 Å². The maximum Gasteiger partial charge on any atom is 0.339 e. The van der Waals surface area contributed by atoms with Crippen molar-refractivity contribution in [3.05, 3.63) is 53.7 Å². The van der Waals surface area contributed by atoms with Crippen molar-refractivity contribution in [3.63, 3.8) is 0 Å². The Morgan fingerprint density at radius 2 is 1.77 bits per heavy atom. The molecule has 3 rings (SSSR count). The van der Waals surface area contributed by atoms with E-state index in [1.54, 1.807) is 24.4 Å². The molecule has 8 heteroatoms. The molecule has 0 spiro atoms. The number of aromatic nitrogens is 1. The lowest BCUT2D eigenvalue weighted by atomic mass is 10.2. The molecule has 0 unspecified atom stereocenters. The van der Waals surface area contributed by atoms with Gasteiger partial charge in [-0.3, -0.25) is 0 Å². The summed E-state index contributed by atoms with van der Waals surface area (Å²) < 4.78 is 27.0. The Morgan fingerprint density at radius 3 is 2.35 bits per heavy atom. The molecule has 0 aliphatic carbocycles. The number of hydrogen-bond donors (Lipinski definition) is 1. The molecule has 0 saturated carbocycles. The second-order valence-corrected chi connectivity index (χ2v) is 8.01. The van der Waals surface area contributed by atoms with E-state index < -0.39 is 16.0 Å². The minimum atomic E-state index is -3.55. The maximum atomic E-state index is 12.8. The summed E-state index contributed by atoms with van der Waals surface area (Å²) in [7, 11) is -3.55. The molecular weight excluding hydrogens is 354 g/mol. The molecule has 2 aromatic rings. The summed E-state index contributed by atoms with van der Waals surface area (Å²) in [5.74, 6) is -0.663. The number of aromatic carboxylic acids is 1. The number of rotatable bonds is 5. The average Bonchev–Trinajstić information content (AvgIpc) is 2.68. The van der Waals surface area contributed by atoms with E-state index >= 15 is 0 Å². The molecule has 26 heavy (non-hydrogen) atoms. The number of sulfonamides is 1. The number of carboxylic acid groups (broad SMARTS) is 1. The molecule has 0 radical (unpaired) electrons. The van der Waals surface area contributed by atoms with Crippen molar-refractivity contribution in [1.29, 1.82) is 0 Å². The Labute approximate surface area is 152 Å². The van der Waals surface area contributed by atoms with Gasteiger partial charge in [0, 0.05) is 32.4 Å². The van der Waals surface area contributed by atoms with Gasteiger partial charge in [-0.2, -0.15) is 4.31 Å². The largest absolute Gasteiger partial charge is 0.478 e. The molecule has 0 bridgehead atoms. The third-order valence-corrected chi connectivity index (χ3v) is 6.44. The molecule has 7 nitrogen and oxygen atoms in total. The molecule has 0 amide bonds. The van der Waals surface area contributed by atoms with Gasteiger partial charge in [-0.1, -0.05) is 19.1 Å². The van der Waals surface area contributed by atoms with E-state index in [1.807, 2.05) is 24.0 Å². The Hall–Kier alpha value is -2.45. The number of carboxylic acids is 1. The lowest BCUT2D eigenvalue weighted by Crippen LogP contribution is -2.49. The number of carbonyl (C=O) groups is 1. The van der Waals surface area contributed by atoms with Gasteiger partial charge in [0.25, 0.3) is 0 Å². The normalized spacial score (nSPS) is 15.8. The minimum Gasteiger partial charge on any atom is -0.478 e. The summed E-state index contributed by atoms with van der Waals surface area (Å²) >= 11 is 0. The molecule has 138 valence electrons. The molecule has 1 aromatic carbocycles. The van der Waals surface area contributed by atoms with Crippen LogP contribution in [0.4, 0.5) is 5.82 Å². The summed E-state index contributed by atoms with van der Waals surface area (Å²) in [5.41, 5.74) is 1.21. The van der Waals surface area contributed by atoms with Gasteiger partial charge in [-0.25, -0.2) is 18.2 Å². The van der Waals surface area contributed by atoms with Crippen molar-refractivity contribution in [3.8, 4) is 0 Å². The van der Waals surface area contributed by atoms with E-state index in [-0.39, 0.29) is 23.5 Å². The first-order valence-corrected chi connectivity index (χ1v) is 9.90. The minimum absolute atomic E-state index is 0.124. The summed E-state index contributed by atoms with van der Waals surface area (Å²) in [5, 5.41) is 9.30. The van der Waals surface area contributed by atoms with E-state index in [1.165, 1.54) is 10.4 Å². The van der Waals surface area contributed by atoms with Crippen molar-refractivity contribution in [2.75, 3.05) is 31.1 Å². The van der Waals surface area contributed by atoms with Crippen molar-refractivity contribution in [2.45, 2.75) is 18.2 Å². The fourth-order valence-corrected chi connectivity index (χ4v) is 4.42. The van der Waals surface area contributed by atoms with Crippen LogP contribution in [0, 0.1) is 0 Å². The lowest BCUT2D eigenvalue weighted by molar-refractivity contribution is 0.0697. The van der Waals surface area contributed by atoms with Gasteiger partial charge in [-0.05, 0) is 36.2 Å². The number of nitrogens with zero attached hydrogens (tertiary/aromatic N) is 3. The molecule has 2 heterocycles. The first kappa shape index (κ1) is 18.3. The second kappa shape index (κ2) is 7.43. The molecule has 1 N–H and O–H groups in total. The molecule has 1 fully saturated rings. The van der Waals surface area contributed by atoms with Crippen LogP contribution in [-0.2, 0) is 16.4 Å². The van der Waals surface area contributed by atoms with Crippen LogP contribution in [0.15, 0.2) is 47.5 Å². The fourth-order valence-electron chi connectivity index (χ4n) is 3.00. The van der Waals surface area contributed by atoms with E-state index in [0.29, 0.717) is 18.9 Å². The molecule has 0 atom stereocenters. The van der Waals surface area contributed by atoms with E-state index in [2.05, 4.69) is 4.98 Å². The predicted octanol–water partition coefficient (Wildman–Crippen LogP) is 1.85. The van der Waals surface area contributed by atoms with Crippen LogP contribution in [0.3, 0.4) is 0 Å². The van der Waals surface area contributed by atoms with Crippen LogP contribution in [0.25, 0.3) is 0 Å². The lowest BCUT2D eigenvalue weighted by Gasteiger charge is -2.35. The smallest absolute Gasteiger partial charge is 0.339 e. The molecular formula is C18H21N3O4S. The third kappa shape index (κ3) is 3.56. The summed E-state index contributed by atoms with van der Waals surface area (Å²) in [6.07, 6.45) is 2.40. The molecule has 1 aliphatic heterocycles. The number of benzene rings is 1. The van der Waals surface area contributed by atoms with Crippen LogP contribution in [0.2, 0.25) is 0 Å². The Morgan fingerprint density at radius 1 is 1.12 bits per heavy atom. The first-order chi connectivity index (χ1) is 12.4. The van der Waals surface area contributed by atoms with Gasteiger partial charge in [0.15, 0.2) is 0 Å². The van der Waals surface area contributed by atoms with Gasteiger partial charge in [0.05, 0.1) is 4.90 Å². The number of aryl methyl sites for hydroxylation is 1. The van der Waals surface area contributed by atoms with Crippen LogP contribution in [-0.4, -0.2) is 55.0 Å². The van der Waals surface area contributed by atoms with Crippen LogP contribution in [0.5, 0.6) is 0 Å². The van der Waals surface area contributed by atoms with Crippen LogP contribution in [0.1, 0.15) is 22.8 Å². The van der Waals surface area contributed by atoms with Crippen LogP contribution >= 0.6 is 0 Å². The molecule has 1 aliphatic rings. The van der Waals surface area contributed by atoms with Gasteiger partial charge < -0.3 is 10.0 Å². The van der Waals surface area contributed by atoms with E-state index in [9.17, 15) is 18.3 Å². The predicted molar refractivity (Wildman–Crippen MR) is 98.0 cm³/mol. The Bertz CT molecular complexity index is 889. The quantitative estimate of drug-likeness (QED) is 0.858. The third-order valence-electron chi connectivity index (χ3n) is 4.52. The number of pyridine rings is 1. The highest BCUT2D eigenvalue weighted by molar-refractivity contribution is 7.89. The topological polar surface area (TPSA) is 90.8 Å². The summed E-state index contributed by atoms with van der Waals surface area (Å²) in [4.78, 5) is 17.6. The monoisotopic (exact) mass is 375 g/mol.